The number of primary amides is 1. The molecule has 1 amide bonds. The lowest BCUT2D eigenvalue weighted by molar-refractivity contribution is 0.0997. The molecular weight excluding hydrogens is 354 g/mol. The molecular formula is C17H19N5O3S. The van der Waals surface area contributed by atoms with Crippen molar-refractivity contribution in [1.82, 2.24) is 19.2 Å². The zero-order chi connectivity index (χ0) is 18.5. The number of nitrogens with one attached hydrogen (secondary N) is 1. The van der Waals surface area contributed by atoms with Gasteiger partial charge in [0.2, 0.25) is 10.0 Å². The van der Waals surface area contributed by atoms with Gasteiger partial charge in [-0.15, -0.1) is 0 Å². The number of rotatable bonds is 3. The van der Waals surface area contributed by atoms with Crippen molar-refractivity contribution < 1.29 is 13.2 Å². The zero-order valence-corrected chi connectivity index (χ0v) is 15.1. The van der Waals surface area contributed by atoms with E-state index in [9.17, 15) is 13.2 Å². The monoisotopic (exact) mass is 373 g/mol. The highest BCUT2D eigenvalue weighted by Gasteiger charge is 2.28. The summed E-state index contributed by atoms with van der Waals surface area (Å²) in [4.78, 5) is 21.1. The number of nitrogens with zero attached hydrogens (tertiary/aromatic N) is 3. The number of carbonyl (C=O) groups excluding carboxylic acids is 1. The van der Waals surface area contributed by atoms with Crippen molar-refractivity contribution in [3.8, 4) is 0 Å². The van der Waals surface area contributed by atoms with Gasteiger partial charge in [-0.05, 0) is 31.3 Å². The number of piperazine rings is 1. The molecule has 1 aliphatic rings. The van der Waals surface area contributed by atoms with E-state index in [1.54, 1.807) is 24.3 Å². The summed E-state index contributed by atoms with van der Waals surface area (Å²) in [6, 6.07) is 6.69. The molecule has 8 nitrogen and oxygen atoms in total. The van der Waals surface area contributed by atoms with Gasteiger partial charge in [0.1, 0.15) is 0 Å². The zero-order valence-electron chi connectivity index (χ0n) is 14.3. The Balaban J connectivity index is 1.84. The number of sulfonamides is 1. The number of nitrogens with two attached hydrogens (primary N) is 1. The van der Waals surface area contributed by atoms with E-state index in [1.165, 1.54) is 10.5 Å². The Kier molecular flexibility index (Phi) is 3.94. The summed E-state index contributed by atoms with van der Waals surface area (Å²) >= 11 is 0. The summed E-state index contributed by atoms with van der Waals surface area (Å²) in [5, 5.41) is 1.44. The minimum Gasteiger partial charge on any atom is -0.364 e. The molecule has 3 aromatic rings. The third-order valence-electron chi connectivity index (χ3n) is 4.83. The Labute approximate surface area is 150 Å². The highest BCUT2D eigenvalue weighted by molar-refractivity contribution is 7.89. The first-order valence-electron chi connectivity index (χ1n) is 8.27. The van der Waals surface area contributed by atoms with Crippen molar-refractivity contribution in [2.24, 2.45) is 5.73 Å². The minimum absolute atomic E-state index is 0.141. The molecule has 0 aliphatic carbocycles. The number of aromatic amines is 1. The van der Waals surface area contributed by atoms with Crippen LogP contribution in [0.3, 0.4) is 0 Å². The third-order valence-corrected chi connectivity index (χ3v) is 6.72. The fourth-order valence-electron chi connectivity index (χ4n) is 3.33. The van der Waals surface area contributed by atoms with Gasteiger partial charge in [0.25, 0.3) is 5.91 Å². The van der Waals surface area contributed by atoms with Gasteiger partial charge in [0.15, 0.2) is 5.69 Å². The van der Waals surface area contributed by atoms with Crippen LogP contribution >= 0.6 is 0 Å². The Hall–Kier alpha value is -2.49. The molecule has 26 heavy (non-hydrogen) atoms. The van der Waals surface area contributed by atoms with Gasteiger partial charge in [-0.25, -0.2) is 13.4 Å². The van der Waals surface area contributed by atoms with Crippen molar-refractivity contribution in [3.05, 3.63) is 36.2 Å². The number of benzene rings is 1. The second-order valence-corrected chi connectivity index (χ2v) is 8.42. The summed E-state index contributed by atoms with van der Waals surface area (Å²) in [6.45, 7) is 2.37. The average molecular weight is 373 g/mol. The number of pyridine rings is 1. The lowest BCUT2D eigenvalue weighted by Gasteiger charge is -2.31. The van der Waals surface area contributed by atoms with Crippen LogP contribution < -0.4 is 5.73 Å². The highest BCUT2D eigenvalue weighted by Crippen LogP contribution is 2.29. The summed E-state index contributed by atoms with van der Waals surface area (Å²) in [5.41, 5.74) is 6.77. The molecule has 9 heteroatoms. The van der Waals surface area contributed by atoms with Crippen LogP contribution in [-0.4, -0.2) is 66.7 Å². The maximum atomic E-state index is 13.0. The third kappa shape index (κ3) is 2.64. The summed E-state index contributed by atoms with van der Waals surface area (Å²) in [6.07, 6.45) is 1.50. The van der Waals surface area contributed by atoms with Crippen molar-refractivity contribution >= 4 is 37.7 Å². The van der Waals surface area contributed by atoms with Crippen molar-refractivity contribution in [2.75, 3.05) is 33.2 Å². The average Bonchev–Trinajstić information content (AvgIpc) is 2.99. The molecule has 0 spiro atoms. The van der Waals surface area contributed by atoms with Crippen LogP contribution in [0.15, 0.2) is 35.4 Å². The topological polar surface area (TPSA) is 112 Å². The molecule has 0 unspecified atom stereocenters. The van der Waals surface area contributed by atoms with E-state index in [0.717, 1.165) is 16.3 Å². The quantitative estimate of drug-likeness (QED) is 0.704. The van der Waals surface area contributed by atoms with E-state index in [4.69, 9.17) is 5.73 Å². The van der Waals surface area contributed by atoms with Crippen LogP contribution in [0.25, 0.3) is 21.8 Å². The fourth-order valence-corrected chi connectivity index (χ4v) is 4.78. The van der Waals surface area contributed by atoms with Gasteiger partial charge in [0, 0.05) is 48.7 Å². The second-order valence-electron chi connectivity index (χ2n) is 6.49. The second kappa shape index (κ2) is 6.04. The molecule has 3 heterocycles. The van der Waals surface area contributed by atoms with Gasteiger partial charge in [-0.2, -0.15) is 4.31 Å². The number of carbonyl (C=O) groups is 1. The molecule has 0 radical (unpaired) electrons. The SMILES string of the molecule is CN1CCN(S(=O)(=O)c2ccc3[nH]c4c(C(N)=O)nccc4c3c2)CC1. The van der Waals surface area contributed by atoms with Gasteiger partial charge >= 0.3 is 0 Å². The smallest absolute Gasteiger partial charge is 0.269 e. The van der Waals surface area contributed by atoms with Crippen molar-refractivity contribution in [2.45, 2.75) is 4.90 Å². The summed E-state index contributed by atoms with van der Waals surface area (Å²) in [5.74, 6) is -0.632. The molecule has 0 atom stereocenters. The first-order valence-corrected chi connectivity index (χ1v) is 9.71. The Bertz CT molecular complexity index is 1110. The summed E-state index contributed by atoms with van der Waals surface area (Å²) in [7, 11) is -1.59. The van der Waals surface area contributed by atoms with Crippen molar-refractivity contribution in [3.63, 3.8) is 0 Å². The predicted molar refractivity (Wildman–Crippen MR) is 98.4 cm³/mol. The van der Waals surface area contributed by atoms with Crippen molar-refractivity contribution in [1.29, 1.82) is 0 Å². The van der Waals surface area contributed by atoms with Gasteiger partial charge in [-0.1, -0.05) is 0 Å². The normalized spacial score (nSPS) is 17.1. The molecule has 136 valence electrons. The van der Waals surface area contributed by atoms with Crippen LogP contribution in [-0.2, 0) is 10.0 Å². The minimum atomic E-state index is -3.56. The van der Waals surface area contributed by atoms with Crippen LogP contribution in [0.1, 0.15) is 10.5 Å². The largest absolute Gasteiger partial charge is 0.364 e. The molecule has 0 bridgehead atoms. The number of H-pyrrole nitrogens is 1. The number of hydrogen-bond acceptors (Lipinski definition) is 5. The fraction of sp³-hybridized carbons (Fsp3) is 0.294. The van der Waals surface area contributed by atoms with E-state index < -0.39 is 15.9 Å². The van der Waals surface area contributed by atoms with Crippen LogP contribution in [0.2, 0.25) is 0 Å². The molecule has 3 N–H and O–H groups in total. The van der Waals surface area contributed by atoms with Gasteiger partial charge in [-0.3, -0.25) is 4.79 Å². The highest BCUT2D eigenvalue weighted by atomic mass is 32.2. The van der Waals surface area contributed by atoms with E-state index in [1.807, 2.05) is 7.05 Å². The van der Waals surface area contributed by atoms with Gasteiger partial charge in [0.05, 0.1) is 10.4 Å². The molecule has 1 saturated heterocycles. The Morgan fingerprint density at radius 2 is 1.88 bits per heavy atom. The lowest BCUT2D eigenvalue weighted by atomic mass is 10.1. The molecule has 4 rings (SSSR count). The number of aromatic nitrogens is 2. The summed E-state index contributed by atoms with van der Waals surface area (Å²) < 4.78 is 27.5. The molecule has 1 aliphatic heterocycles. The molecule has 0 saturated carbocycles. The number of fused-ring (bicyclic) bond motifs is 3. The molecule has 1 aromatic carbocycles. The predicted octanol–water partition coefficient (Wildman–Crippen LogP) is 0.751. The number of hydrogen-bond donors (Lipinski definition) is 2. The standard InChI is InChI=1S/C17H19N5O3S/c1-21-6-8-22(9-7-21)26(24,25)11-2-3-14-13(10-11)12-4-5-19-16(17(18)23)15(12)20-14/h2-5,10,20H,6-9H2,1H3,(H2,18,23). The lowest BCUT2D eigenvalue weighted by Crippen LogP contribution is -2.46. The van der Waals surface area contributed by atoms with E-state index >= 15 is 0 Å². The van der Waals surface area contributed by atoms with Crippen LogP contribution in [0.4, 0.5) is 0 Å². The van der Waals surface area contributed by atoms with E-state index in [-0.39, 0.29) is 10.6 Å². The van der Waals surface area contributed by atoms with E-state index in [2.05, 4.69) is 14.9 Å². The van der Waals surface area contributed by atoms with Gasteiger partial charge < -0.3 is 15.6 Å². The first-order chi connectivity index (χ1) is 12.4. The Morgan fingerprint density at radius 1 is 1.15 bits per heavy atom. The Morgan fingerprint density at radius 3 is 2.58 bits per heavy atom. The van der Waals surface area contributed by atoms with Crippen LogP contribution in [0, 0.1) is 0 Å². The number of likely N-dealkylation sites (N-methyl/N-ethyl adjacent to an activating group) is 1. The number of amides is 1. The van der Waals surface area contributed by atoms with Crippen LogP contribution in [0.5, 0.6) is 0 Å². The van der Waals surface area contributed by atoms with E-state index in [0.29, 0.717) is 31.7 Å². The molecule has 1 fully saturated rings. The molecule has 2 aromatic heterocycles. The first kappa shape index (κ1) is 17.0. The maximum absolute atomic E-state index is 13.0. The maximum Gasteiger partial charge on any atom is 0.269 e.